The Morgan fingerprint density at radius 3 is 2.84 bits per heavy atom. The number of nitrogens with zero attached hydrogens (tertiary/aromatic N) is 1. The van der Waals surface area contributed by atoms with Gasteiger partial charge in [0, 0.05) is 12.1 Å². The summed E-state index contributed by atoms with van der Waals surface area (Å²) in [4.78, 5) is 21.4. The quantitative estimate of drug-likeness (QED) is 0.341. The lowest BCUT2D eigenvalue weighted by Crippen LogP contribution is -2.02. The van der Waals surface area contributed by atoms with Crippen LogP contribution in [0.5, 0.6) is 5.75 Å². The lowest BCUT2D eigenvalue weighted by atomic mass is 10.2. The van der Waals surface area contributed by atoms with Crippen LogP contribution in [0.4, 0.5) is 5.69 Å². The monoisotopic (exact) mass is 265 g/mol. The number of carbonyl (C=O) groups is 1. The van der Waals surface area contributed by atoms with Crippen molar-refractivity contribution in [3.8, 4) is 5.75 Å². The van der Waals surface area contributed by atoms with Gasteiger partial charge in [0.15, 0.2) is 5.75 Å². The van der Waals surface area contributed by atoms with E-state index in [-0.39, 0.29) is 18.0 Å². The van der Waals surface area contributed by atoms with Crippen LogP contribution in [-0.2, 0) is 9.53 Å². The number of benzene rings is 1. The second-order valence-corrected chi connectivity index (χ2v) is 3.65. The van der Waals surface area contributed by atoms with E-state index in [1.807, 2.05) is 0 Å². The third-order valence-corrected chi connectivity index (χ3v) is 2.25. The fraction of sp³-hybridized carbons (Fsp3) is 0.308. The lowest BCUT2D eigenvalue weighted by molar-refractivity contribution is -0.385. The molecule has 0 N–H and O–H groups in total. The first-order valence-electron chi connectivity index (χ1n) is 5.76. The summed E-state index contributed by atoms with van der Waals surface area (Å²) in [6.45, 7) is 3.79. The predicted molar refractivity (Wildman–Crippen MR) is 69.1 cm³/mol. The number of ether oxygens (including phenoxy) is 2. The molecule has 0 atom stereocenters. The third kappa shape index (κ3) is 4.42. The molecule has 6 nitrogen and oxygen atoms in total. The summed E-state index contributed by atoms with van der Waals surface area (Å²) < 4.78 is 10.0. The van der Waals surface area contributed by atoms with Gasteiger partial charge < -0.3 is 9.47 Å². The molecule has 0 aliphatic heterocycles. The molecule has 0 heterocycles. The van der Waals surface area contributed by atoms with Gasteiger partial charge in [0.25, 0.3) is 0 Å². The summed E-state index contributed by atoms with van der Waals surface area (Å²) in [5, 5.41) is 10.8. The van der Waals surface area contributed by atoms with E-state index in [4.69, 9.17) is 9.47 Å². The van der Waals surface area contributed by atoms with Crippen molar-refractivity contribution in [1.82, 2.24) is 0 Å². The standard InChI is InChI=1S/C13H15NO5/c1-3-18-12(15)8-5-9-19-13-10(2)6-4-7-11(13)14(16)17/h4-8H,3,9H2,1-2H3/b8-5+. The lowest BCUT2D eigenvalue weighted by Gasteiger charge is -2.07. The number of carbonyl (C=O) groups excluding carboxylic acids is 1. The van der Waals surface area contributed by atoms with Crippen molar-refractivity contribution in [3.05, 3.63) is 46.0 Å². The zero-order chi connectivity index (χ0) is 14.3. The van der Waals surface area contributed by atoms with Gasteiger partial charge in [-0.25, -0.2) is 4.79 Å². The van der Waals surface area contributed by atoms with Crippen molar-refractivity contribution in [2.45, 2.75) is 13.8 Å². The normalized spacial score (nSPS) is 10.4. The molecule has 0 aliphatic rings. The van der Waals surface area contributed by atoms with Crippen molar-refractivity contribution in [2.24, 2.45) is 0 Å². The highest BCUT2D eigenvalue weighted by Crippen LogP contribution is 2.30. The van der Waals surface area contributed by atoms with Crippen LogP contribution in [0.15, 0.2) is 30.4 Å². The van der Waals surface area contributed by atoms with Crippen molar-refractivity contribution in [2.75, 3.05) is 13.2 Å². The van der Waals surface area contributed by atoms with E-state index < -0.39 is 10.9 Å². The SMILES string of the molecule is CCOC(=O)/C=C/COc1c(C)cccc1[N+](=O)[O-]. The van der Waals surface area contributed by atoms with E-state index in [1.165, 1.54) is 18.2 Å². The highest BCUT2D eigenvalue weighted by molar-refractivity contribution is 5.81. The average Bonchev–Trinajstić information content (AvgIpc) is 2.36. The molecule has 0 aromatic heterocycles. The minimum Gasteiger partial charge on any atom is -0.482 e. The van der Waals surface area contributed by atoms with E-state index in [9.17, 15) is 14.9 Å². The van der Waals surface area contributed by atoms with Crippen molar-refractivity contribution in [3.63, 3.8) is 0 Å². The summed E-state index contributed by atoms with van der Waals surface area (Å²) >= 11 is 0. The molecular formula is C13H15NO5. The Labute approximate surface area is 110 Å². The van der Waals surface area contributed by atoms with E-state index in [0.29, 0.717) is 12.2 Å². The Balaban J connectivity index is 2.68. The van der Waals surface area contributed by atoms with Gasteiger partial charge in [-0.2, -0.15) is 0 Å². The Morgan fingerprint density at radius 1 is 1.47 bits per heavy atom. The second-order valence-electron chi connectivity index (χ2n) is 3.65. The molecule has 1 aromatic rings. The fourth-order valence-corrected chi connectivity index (χ4v) is 1.43. The summed E-state index contributed by atoms with van der Waals surface area (Å²) in [5.41, 5.74) is 0.572. The van der Waals surface area contributed by atoms with Crippen molar-refractivity contribution in [1.29, 1.82) is 0 Å². The average molecular weight is 265 g/mol. The maximum Gasteiger partial charge on any atom is 0.330 e. The first kappa shape index (κ1) is 14.7. The highest BCUT2D eigenvalue weighted by Gasteiger charge is 2.16. The van der Waals surface area contributed by atoms with Crippen LogP contribution in [0, 0.1) is 17.0 Å². The number of para-hydroxylation sites is 1. The van der Waals surface area contributed by atoms with Gasteiger partial charge in [0.1, 0.15) is 6.61 Å². The molecule has 0 saturated heterocycles. The molecule has 1 aromatic carbocycles. The molecular weight excluding hydrogens is 250 g/mol. The molecule has 0 fully saturated rings. The maximum absolute atomic E-state index is 11.0. The summed E-state index contributed by atoms with van der Waals surface area (Å²) in [6.07, 6.45) is 2.68. The summed E-state index contributed by atoms with van der Waals surface area (Å²) in [7, 11) is 0. The van der Waals surface area contributed by atoms with E-state index in [1.54, 1.807) is 26.0 Å². The first-order valence-corrected chi connectivity index (χ1v) is 5.76. The van der Waals surface area contributed by atoms with E-state index in [2.05, 4.69) is 0 Å². The van der Waals surface area contributed by atoms with Crippen LogP contribution >= 0.6 is 0 Å². The molecule has 0 bridgehead atoms. The zero-order valence-electron chi connectivity index (χ0n) is 10.8. The van der Waals surface area contributed by atoms with Crippen LogP contribution in [0.1, 0.15) is 12.5 Å². The maximum atomic E-state index is 11.0. The topological polar surface area (TPSA) is 78.7 Å². The smallest absolute Gasteiger partial charge is 0.330 e. The second kappa shape index (κ2) is 7.15. The van der Waals surface area contributed by atoms with Crippen LogP contribution in [0.3, 0.4) is 0 Å². The third-order valence-electron chi connectivity index (χ3n) is 2.25. The van der Waals surface area contributed by atoms with E-state index >= 15 is 0 Å². The molecule has 0 saturated carbocycles. The highest BCUT2D eigenvalue weighted by atomic mass is 16.6. The van der Waals surface area contributed by atoms with Gasteiger partial charge in [0.2, 0.25) is 0 Å². The molecule has 1 rings (SSSR count). The Bertz CT molecular complexity index is 496. The molecule has 0 spiro atoms. The first-order chi connectivity index (χ1) is 9.06. The number of aryl methyl sites for hydroxylation is 1. The molecule has 102 valence electrons. The number of nitro benzene ring substituents is 1. The van der Waals surface area contributed by atoms with Crippen molar-refractivity contribution < 1.29 is 19.2 Å². The number of hydrogen-bond acceptors (Lipinski definition) is 5. The number of esters is 1. The van der Waals surface area contributed by atoms with Crippen LogP contribution in [-0.4, -0.2) is 24.1 Å². The number of hydrogen-bond donors (Lipinski definition) is 0. The fourth-order valence-electron chi connectivity index (χ4n) is 1.43. The molecule has 0 radical (unpaired) electrons. The zero-order valence-corrected chi connectivity index (χ0v) is 10.8. The molecule has 0 amide bonds. The number of nitro groups is 1. The molecule has 19 heavy (non-hydrogen) atoms. The Kier molecular flexibility index (Phi) is 5.53. The van der Waals surface area contributed by atoms with Gasteiger partial charge in [0.05, 0.1) is 11.5 Å². The van der Waals surface area contributed by atoms with Crippen LogP contribution < -0.4 is 4.74 Å². The number of rotatable bonds is 6. The van der Waals surface area contributed by atoms with Crippen LogP contribution in [0.2, 0.25) is 0 Å². The predicted octanol–water partition coefficient (Wildman–Crippen LogP) is 2.40. The van der Waals surface area contributed by atoms with Gasteiger partial charge in [-0.15, -0.1) is 0 Å². The molecule has 0 unspecified atom stereocenters. The minimum absolute atomic E-state index is 0.0600. The van der Waals surface area contributed by atoms with Crippen LogP contribution in [0.25, 0.3) is 0 Å². The van der Waals surface area contributed by atoms with Gasteiger partial charge in [-0.1, -0.05) is 12.1 Å². The Hall–Kier alpha value is -2.37. The van der Waals surface area contributed by atoms with Gasteiger partial charge in [-0.05, 0) is 25.5 Å². The van der Waals surface area contributed by atoms with Gasteiger partial charge in [-0.3, -0.25) is 10.1 Å². The van der Waals surface area contributed by atoms with Crippen molar-refractivity contribution >= 4 is 11.7 Å². The van der Waals surface area contributed by atoms with Gasteiger partial charge >= 0.3 is 11.7 Å². The van der Waals surface area contributed by atoms with E-state index in [0.717, 1.165) is 0 Å². The molecule has 0 aliphatic carbocycles. The molecule has 6 heteroatoms. The Morgan fingerprint density at radius 2 is 2.21 bits per heavy atom. The summed E-state index contributed by atoms with van der Waals surface area (Å²) in [5.74, 6) is -0.258. The largest absolute Gasteiger partial charge is 0.482 e. The minimum atomic E-state index is -0.503. The summed E-state index contributed by atoms with van der Waals surface area (Å²) in [6, 6.07) is 4.68.